The van der Waals surface area contributed by atoms with E-state index in [-0.39, 0.29) is 30.7 Å². The summed E-state index contributed by atoms with van der Waals surface area (Å²) < 4.78 is 0. The molecule has 1 aromatic rings. The van der Waals surface area contributed by atoms with Crippen LogP contribution in [0, 0.1) is 6.92 Å². The van der Waals surface area contributed by atoms with Crippen molar-refractivity contribution in [3.8, 4) is 0 Å². The third-order valence-corrected chi connectivity index (χ3v) is 2.81. The Morgan fingerprint density at radius 2 is 2.17 bits per heavy atom. The molecule has 102 valence electrons. The third kappa shape index (κ3) is 4.12. The van der Waals surface area contributed by atoms with Crippen LogP contribution >= 0.6 is 24.8 Å². The number of amides is 1. The van der Waals surface area contributed by atoms with E-state index in [2.05, 4.69) is 17.2 Å². The second-order valence-electron chi connectivity index (χ2n) is 4.29. The number of piperazine rings is 1. The van der Waals surface area contributed by atoms with Gasteiger partial charge in [-0.2, -0.15) is 0 Å². The van der Waals surface area contributed by atoms with Gasteiger partial charge in [0.15, 0.2) is 0 Å². The largest absolute Gasteiger partial charge is 0.336 e. The van der Waals surface area contributed by atoms with Gasteiger partial charge >= 0.3 is 0 Å². The summed E-state index contributed by atoms with van der Waals surface area (Å²) >= 11 is 0. The van der Waals surface area contributed by atoms with E-state index in [9.17, 15) is 4.79 Å². The molecule has 0 bridgehead atoms. The average Bonchev–Trinajstić information content (AvgIpc) is 2.29. The highest BCUT2D eigenvalue weighted by molar-refractivity contribution is 5.94. The zero-order chi connectivity index (χ0) is 11.5. The van der Waals surface area contributed by atoms with E-state index < -0.39 is 0 Å². The molecule has 1 aromatic heterocycles. The van der Waals surface area contributed by atoms with Crippen LogP contribution < -0.4 is 5.32 Å². The molecular formula is C12H19Cl2N3O. The molecular weight excluding hydrogens is 273 g/mol. The number of rotatable bonds is 1. The topological polar surface area (TPSA) is 45.2 Å². The predicted octanol–water partition coefficient (Wildman–Crippen LogP) is 1.67. The first kappa shape index (κ1) is 17.2. The number of nitrogens with one attached hydrogen (secondary N) is 1. The van der Waals surface area contributed by atoms with Crippen LogP contribution in [-0.2, 0) is 0 Å². The molecule has 2 rings (SSSR count). The molecule has 1 saturated heterocycles. The van der Waals surface area contributed by atoms with Crippen LogP contribution in [0.5, 0.6) is 0 Å². The van der Waals surface area contributed by atoms with Gasteiger partial charge in [0.2, 0.25) is 0 Å². The lowest BCUT2D eigenvalue weighted by Gasteiger charge is -2.31. The van der Waals surface area contributed by atoms with Crippen molar-refractivity contribution in [1.82, 2.24) is 15.2 Å². The Hall–Kier alpha value is -0.840. The zero-order valence-corrected chi connectivity index (χ0v) is 12.2. The minimum absolute atomic E-state index is 0. The minimum atomic E-state index is 0. The third-order valence-electron chi connectivity index (χ3n) is 2.81. The number of aryl methyl sites for hydroxylation is 1. The second-order valence-corrected chi connectivity index (χ2v) is 4.29. The molecule has 0 aromatic carbocycles. The highest BCUT2D eigenvalue weighted by Gasteiger charge is 2.21. The van der Waals surface area contributed by atoms with Crippen LogP contribution in [0.1, 0.15) is 23.0 Å². The van der Waals surface area contributed by atoms with Gasteiger partial charge in [-0.1, -0.05) is 0 Å². The summed E-state index contributed by atoms with van der Waals surface area (Å²) in [7, 11) is 0. The van der Waals surface area contributed by atoms with Crippen molar-refractivity contribution in [2.75, 3.05) is 19.6 Å². The molecule has 2 heterocycles. The van der Waals surface area contributed by atoms with Crippen LogP contribution in [0.25, 0.3) is 0 Å². The maximum absolute atomic E-state index is 12.1. The summed E-state index contributed by atoms with van der Waals surface area (Å²) in [6, 6.07) is 4.09. The van der Waals surface area contributed by atoms with Crippen LogP contribution in [0.4, 0.5) is 0 Å². The normalized spacial score (nSPS) is 18.6. The summed E-state index contributed by atoms with van der Waals surface area (Å²) in [5.74, 6) is 0.0841. The Balaban J connectivity index is 0.00000144. The van der Waals surface area contributed by atoms with Crippen LogP contribution in [0.15, 0.2) is 18.3 Å². The molecule has 4 nitrogen and oxygen atoms in total. The Morgan fingerprint density at radius 1 is 1.44 bits per heavy atom. The van der Waals surface area contributed by atoms with Crippen molar-refractivity contribution < 1.29 is 4.79 Å². The molecule has 1 aliphatic rings. The second kappa shape index (κ2) is 7.56. The molecule has 0 unspecified atom stereocenters. The van der Waals surface area contributed by atoms with E-state index in [0.717, 1.165) is 25.3 Å². The molecule has 1 N–H and O–H groups in total. The maximum atomic E-state index is 12.1. The Labute approximate surface area is 120 Å². The molecule has 6 heteroatoms. The highest BCUT2D eigenvalue weighted by atomic mass is 35.5. The molecule has 1 atom stereocenters. The number of halogens is 2. The monoisotopic (exact) mass is 291 g/mol. The fourth-order valence-corrected chi connectivity index (χ4v) is 1.89. The number of aromatic nitrogens is 1. The highest BCUT2D eigenvalue weighted by Crippen LogP contribution is 2.07. The van der Waals surface area contributed by atoms with Gasteiger partial charge in [-0.25, -0.2) is 0 Å². The quantitative estimate of drug-likeness (QED) is 0.856. The summed E-state index contributed by atoms with van der Waals surface area (Å²) in [6.45, 7) is 6.42. The molecule has 1 fully saturated rings. The SMILES string of the molecule is Cc1ccc(C(=O)N2CCN[C@H](C)C2)cn1.Cl.Cl. The van der Waals surface area contributed by atoms with Gasteiger partial charge in [0.25, 0.3) is 5.91 Å². The van der Waals surface area contributed by atoms with E-state index >= 15 is 0 Å². The standard InChI is InChI=1S/C12H17N3O.2ClH/c1-9-3-4-11(7-14-9)12(16)15-6-5-13-10(2)8-15;;/h3-4,7,10,13H,5-6,8H2,1-2H3;2*1H/t10-;;/m1../s1. The maximum Gasteiger partial charge on any atom is 0.255 e. The lowest BCUT2D eigenvalue weighted by atomic mass is 10.2. The molecule has 0 radical (unpaired) electrons. The zero-order valence-electron chi connectivity index (χ0n) is 10.5. The summed E-state index contributed by atoms with van der Waals surface area (Å²) in [4.78, 5) is 18.1. The molecule has 0 spiro atoms. The van der Waals surface area contributed by atoms with Crippen molar-refractivity contribution in [3.63, 3.8) is 0 Å². The van der Waals surface area contributed by atoms with Gasteiger partial charge in [-0.3, -0.25) is 9.78 Å². The van der Waals surface area contributed by atoms with Crippen molar-refractivity contribution >= 4 is 30.7 Å². The number of pyridine rings is 1. The van der Waals surface area contributed by atoms with Crippen LogP contribution in [0.3, 0.4) is 0 Å². The Bertz CT molecular complexity index is 383. The van der Waals surface area contributed by atoms with Crippen molar-refractivity contribution in [1.29, 1.82) is 0 Å². The van der Waals surface area contributed by atoms with Crippen molar-refractivity contribution in [2.24, 2.45) is 0 Å². The minimum Gasteiger partial charge on any atom is -0.336 e. The van der Waals surface area contributed by atoms with E-state index in [0.29, 0.717) is 11.6 Å². The number of carbonyl (C=O) groups is 1. The first-order chi connectivity index (χ1) is 7.66. The van der Waals surface area contributed by atoms with E-state index in [1.165, 1.54) is 0 Å². The number of hydrogen-bond donors (Lipinski definition) is 1. The first-order valence-corrected chi connectivity index (χ1v) is 5.62. The number of hydrogen-bond acceptors (Lipinski definition) is 3. The number of nitrogens with zero attached hydrogens (tertiary/aromatic N) is 2. The van der Waals surface area contributed by atoms with Crippen LogP contribution in [0.2, 0.25) is 0 Å². The molecule has 18 heavy (non-hydrogen) atoms. The molecule has 0 saturated carbocycles. The summed E-state index contributed by atoms with van der Waals surface area (Å²) in [5, 5.41) is 3.32. The molecule has 1 amide bonds. The summed E-state index contributed by atoms with van der Waals surface area (Å²) in [6.07, 6.45) is 1.66. The van der Waals surface area contributed by atoms with E-state index in [1.54, 1.807) is 6.20 Å². The van der Waals surface area contributed by atoms with Gasteiger partial charge in [0.05, 0.1) is 5.56 Å². The van der Waals surface area contributed by atoms with Gasteiger partial charge in [0, 0.05) is 37.6 Å². The van der Waals surface area contributed by atoms with Gasteiger partial charge < -0.3 is 10.2 Å². The lowest BCUT2D eigenvalue weighted by molar-refractivity contribution is 0.0708. The molecule has 0 aliphatic carbocycles. The number of carbonyl (C=O) groups excluding carboxylic acids is 1. The van der Waals surface area contributed by atoms with E-state index in [1.807, 2.05) is 24.0 Å². The van der Waals surface area contributed by atoms with Gasteiger partial charge in [-0.15, -0.1) is 24.8 Å². The smallest absolute Gasteiger partial charge is 0.255 e. The predicted molar refractivity (Wildman–Crippen MR) is 76.8 cm³/mol. The van der Waals surface area contributed by atoms with Crippen molar-refractivity contribution in [2.45, 2.75) is 19.9 Å². The Kier molecular flexibility index (Phi) is 7.21. The Morgan fingerprint density at radius 3 is 2.72 bits per heavy atom. The fraction of sp³-hybridized carbons (Fsp3) is 0.500. The first-order valence-electron chi connectivity index (χ1n) is 5.62. The average molecular weight is 292 g/mol. The summed E-state index contributed by atoms with van der Waals surface area (Å²) in [5.41, 5.74) is 1.62. The lowest BCUT2D eigenvalue weighted by Crippen LogP contribution is -2.51. The van der Waals surface area contributed by atoms with E-state index in [4.69, 9.17) is 0 Å². The van der Waals surface area contributed by atoms with Crippen LogP contribution in [-0.4, -0.2) is 41.5 Å². The van der Waals surface area contributed by atoms with Gasteiger partial charge in [0.1, 0.15) is 0 Å². The molecule has 1 aliphatic heterocycles. The van der Waals surface area contributed by atoms with Gasteiger partial charge in [-0.05, 0) is 26.0 Å². The fourth-order valence-electron chi connectivity index (χ4n) is 1.89. The van der Waals surface area contributed by atoms with Crippen molar-refractivity contribution in [3.05, 3.63) is 29.6 Å².